The number of methoxy groups -OCH3 is 1. The van der Waals surface area contributed by atoms with E-state index < -0.39 is 23.3 Å². The third-order valence-electron chi connectivity index (χ3n) is 3.46. The van der Waals surface area contributed by atoms with Crippen LogP contribution >= 0.6 is 0 Å². The summed E-state index contributed by atoms with van der Waals surface area (Å²) in [5.74, 6) is -1.75. The highest BCUT2D eigenvalue weighted by Gasteiger charge is 2.67. The normalized spacial score (nSPS) is 21.3. The molecular formula is C14H9F3O4. The van der Waals surface area contributed by atoms with Gasteiger partial charge in [0.2, 0.25) is 0 Å². The molecule has 0 radical (unpaired) electrons. The number of rotatable bonds is 1. The molecule has 0 saturated carbocycles. The number of carbonyl (C=O) groups excluding carboxylic acids is 1. The zero-order chi connectivity index (χ0) is 15.4. The Kier molecular flexibility index (Phi) is 2.68. The molecule has 110 valence electrons. The van der Waals surface area contributed by atoms with Crippen molar-refractivity contribution in [1.29, 1.82) is 0 Å². The molecule has 0 aliphatic carbocycles. The summed E-state index contributed by atoms with van der Waals surface area (Å²) >= 11 is 0. The molecule has 0 aromatic heterocycles. The zero-order valence-electron chi connectivity index (χ0n) is 10.7. The number of hydrogen-bond donors (Lipinski definition) is 1. The molecule has 4 nitrogen and oxygen atoms in total. The summed E-state index contributed by atoms with van der Waals surface area (Å²) in [5.41, 5.74) is -4.27. The lowest BCUT2D eigenvalue weighted by Crippen LogP contribution is -2.47. The van der Waals surface area contributed by atoms with Crippen LogP contribution in [0.25, 0.3) is 10.8 Å². The molecule has 1 atom stereocenters. The third-order valence-corrected chi connectivity index (χ3v) is 3.46. The van der Waals surface area contributed by atoms with Crippen LogP contribution in [0.15, 0.2) is 30.3 Å². The Labute approximate surface area is 116 Å². The lowest BCUT2D eigenvalue weighted by molar-refractivity contribution is -0.258. The van der Waals surface area contributed by atoms with E-state index >= 15 is 0 Å². The van der Waals surface area contributed by atoms with E-state index in [-0.39, 0.29) is 11.1 Å². The van der Waals surface area contributed by atoms with Gasteiger partial charge in [-0.25, -0.2) is 4.79 Å². The van der Waals surface area contributed by atoms with E-state index in [1.165, 1.54) is 31.4 Å². The number of alkyl halides is 3. The van der Waals surface area contributed by atoms with Gasteiger partial charge in [-0.05, 0) is 29.0 Å². The van der Waals surface area contributed by atoms with Crippen molar-refractivity contribution in [2.75, 3.05) is 7.11 Å². The van der Waals surface area contributed by atoms with Crippen molar-refractivity contribution in [3.8, 4) is 11.5 Å². The van der Waals surface area contributed by atoms with Gasteiger partial charge in [-0.1, -0.05) is 12.1 Å². The first-order chi connectivity index (χ1) is 9.79. The van der Waals surface area contributed by atoms with Gasteiger partial charge in [0.15, 0.2) is 0 Å². The lowest BCUT2D eigenvalue weighted by Gasteiger charge is -2.23. The molecule has 0 spiro atoms. The maximum atomic E-state index is 13.2. The molecule has 3 rings (SSSR count). The fraction of sp³-hybridized carbons (Fsp3) is 0.214. The van der Waals surface area contributed by atoms with E-state index in [0.29, 0.717) is 11.1 Å². The van der Waals surface area contributed by atoms with Gasteiger partial charge in [0, 0.05) is 0 Å². The van der Waals surface area contributed by atoms with Crippen LogP contribution in [0.2, 0.25) is 0 Å². The van der Waals surface area contributed by atoms with Crippen molar-refractivity contribution in [2.45, 2.75) is 11.8 Å². The summed E-state index contributed by atoms with van der Waals surface area (Å²) in [7, 11) is 1.36. The van der Waals surface area contributed by atoms with E-state index in [4.69, 9.17) is 4.74 Å². The topological polar surface area (TPSA) is 55.8 Å². The van der Waals surface area contributed by atoms with Crippen molar-refractivity contribution in [3.05, 3.63) is 35.9 Å². The minimum Gasteiger partial charge on any atom is -0.497 e. The Balaban J connectivity index is 2.40. The fourth-order valence-electron chi connectivity index (χ4n) is 2.40. The average molecular weight is 298 g/mol. The van der Waals surface area contributed by atoms with Gasteiger partial charge < -0.3 is 14.6 Å². The second-order valence-corrected chi connectivity index (χ2v) is 4.62. The van der Waals surface area contributed by atoms with Crippen molar-refractivity contribution < 1.29 is 32.5 Å². The monoisotopic (exact) mass is 298 g/mol. The molecule has 21 heavy (non-hydrogen) atoms. The summed E-state index contributed by atoms with van der Waals surface area (Å²) in [6.45, 7) is 0. The molecule has 2 aromatic rings. The first kappa shape index (κ1) is 13.7. The van der Waals surface area contributed by atoms with Crippen molar-refractivity contribution in [2.24, 2.45) is 0 Å². The minimum atomic E-state index is -5.19. The molecule has 7 heteroatoms. The number of esters is 1. The molecular weight excluding hydrogens is 289 g/mol. The first-order valence-electron chi connectivity index (χ1n) is 5.91. The number of carbonyl (C=O) groups is 1. The highest BCUT2D eigenvalue weighted by molar-refractivity contribution is 6.00. The van der Waals surface area contributed by atoms with Crippen LogP contribution in [-0.2, 0) is 10.4 Å². The van der Waals surface area contributed by atoms with Gasteiger partial charge >= 0.3 is 12.1 Å². The SMILES string of the molecule is COc1ccc2ccc3c(c2c1)[C@@](O)(C(F)(F)F)C(=O)O3. The Bertz CT molecular complexity index is 754. The summed E-state index contributed by atoms with van der Waals surface area (Å²) in [5, 5.41) is 10.4. The molecule has 0 bridgehead atoms. The quantitative estimate of drug-likeness (QED) is 0.649. The number of halogens is 3. The van der Waals surface area contributed by atoms with E-state index in [1.54, 1.807) is 6.07 Å². The van der Waals surface area contributed by atoms with Gasteiger partial charge in [-0.3, -0.25) is 0 Å². The number of fused-ring (bicyclic) bond motifs is 3. The van der Waals surface area contributed by atoms with E-state index in [1.807, 2.05) is 0 Å². The molecule has 2 aromatic carbocycles. The Hall–Kier alpha value is -2.28. The maximum Gasteiger partial charge on any atom is 0.432 e. The van der Waals surface area contributed by atoms with Crippen LogP contribution in [0.4, 0.5) is 13.2 Å². The van der Waals surface area contributed by atoms with Crippen LogP contribution in [0, 0.1) is 0 Å². The molecule has 1 aliphatic heterocycles. The largest absolute Gasteiger partial charge is 0.497 e. The van der Waals surface area contributed by atoms with Crippen LogP contribution < -0.4 is 9.47 Å². The predicted molar refractivity (Wildman–Crippen MR) is 66.1 cm³/mol. The summed E-state index contributed by atoms with van der Waals surface area (Å²) in [4.78, 5) is 11.6. The average Bonchev–Trinajstić information content (AvgIpc) is 2.71. The van der Waals surface area contributed by atoms with Gasteiger partial charge in [0.05, 0.1) is 12.7 Å². The van der Waals surface area contributed by atoms with E-state index in [0.717, 1.165) is 0 Å². The predicted octanol–water partition coefficient (Wildman–Crippen LogP) is 2.52. The van der Waals surface area contributed by atoms with Crippen LogP contribution in [0.5, 0.6) is 11.5 Å². The highest BCUT2D eigenvalue weighted by Crippen LogP contribution is 2.51. The fourth-order valence-corrected chi connectivity index (χ4v) is 2.40. The molecule has 1 heterocycles. The van der Waals surface area contributed by atoms with Crippen molar-refractivity contribution in [3.63, 3.8) is 0 Å². The maximum absolute atomic E-state index is 13.2. The van der Waals surface area contributed by atoms with Crippen LogP contribution in [0.1, 0.15) is 5.56 Å². The molecule has 0 fully saturated rings. The Morgan fingerprint density at radius 2 is 1.90 bits per heavy atom. The molecule has 1 aliphatic rings. The first-order valence-corrected chi connectivity index (χ1v) is 5.91. The Morgan fingerprint density at radius 1 is 1.24 bits per heavy atom. The Morgan fingerprint density at radius 3 is 2.52 bits per heavy atom. The number of aliphatic hydroxyl groups is 1. The summed E-state index contributed by atoms with van der Waals surface area (Å²) < 4.78 is 49.2. The zero-order valence-corrected chi connectivity index (χ0v) is 10.7. The second kappa shape index (κ2) is 4.11. The van der Waals surface area contributed by atoms with Crippen LogP contribution in [-0.4, -0.2) is 24.4 Å². The molecule has 0 amide bonds. The smallest absolute Gasteiger partial charge is 0.432 e. The summed E-state index contributed by atoms with van der Waals surface area (Å²) in [6, 6.07) is 7.16. The molecule has 0 unspecified atom stereocenters. The van der Waals surface area contributed by atoms with Crippen molar-refractivity contribution in [1.82, 2.24) is 0 Å². The van der Waals surface area contributed by atoms with Crippen molar-refractivity contribution >= 4 is 16.7 Å². The number of hydrogen-bond acceptors (Lipinski definition) is 4. The van der Waals surface area contributed by atoms with E-state index in [9.17, 15) is 23.1 Å². The minimum absolute atomic E-state index is 0.0533. The van der Waals surface area contributed by atoms with Gasteiger partial charge in [0.1, 0.15) is 11.5 Å². The molecule has 0 saturated heterocycles. The highest BCUT2D eigenvalue weighted by atomic mass is 19.4. The van der Waals surface area contributed by atoms with Gasteiger partial charge in [-0.15, -0.1) is 0 Å². The number of ether oxygens (including phenoxy) is 2. The lowest BCUT2D eigenvalue weighted by atomic mass is 9.90. The second-order valence-electron chi connectivity index (χ2n) is 4.62. The molecule has 1 N–H and O–H groups in total. The van der Waals surface area contributed by atoms with Crippen LogP contribution in [0.3, 0.4) is 0 Å². The van der Waals surface area contributed by atoms with Gasteiger partial charge in [0.25, 0.3) is 5.60 Å². The van der Waals surface area contributed by atoms with Gasteiger partial charge in [-0.2, -0.15) is 13.2 Å². The standard InChI is InChI=1S/C14H9F3O4/c1-20-8-4-2-7-3-5-10-11(9(7)6-8)13(19,12(18)21-10)14(15,16)17/h2-6,19H,1H3/t13-/m0/s1. The van der Waals surface area contributed by atoms with E-state index in [2.05, 4.69) is 4.74 Å². The third kappa shape index (κ3) is 1.70. The summed E-state index contributed by atoms with van der Waals surface area (Å²) in [6.07, 6.45) is -5.19. The number of benzene rings is 2.